The van der Waals surface area contributed by atoms with Gasteiger partial charge in [0, 0.05) is 6.42 Å². The van der Waals surface area contributed by atoms with Gasteiger partial charge < -0.3 is 40.3 Å². The molecule has 1 saturated heterocycles. The van der Waals surface area contributed by atoms with Crippen molar-refractivity contribution in [3.05, 3.63) is 134 Å². The first-order valence-corrected chi connectivity index (χ1v) is 35.9. The van der Waals surface area contributed by atoms with Gasteiger partial charge in [0.2, 0.25) is 5.91 Å². The lowest BCUT2D eigenvalue weighted by molar-refractivity contribution is -0.302. The van der Waals surface area contributed by atoms with Gasteiger partial charge in [0.25, 0.3) is 0 Å². The normalized spacial score (nSPS) is 18.8. The molecule has 0 aromatic heterocycles. The highest BCUT2D eigenvalue weighted by Gasteiger charge is 2.44. The predicted octanol–water partition coefficient (Wildman–Crippen LogP) is 20.0. The van der Waals surface area contributed by atoms with Crippen molar-refractivity contribution in [2.24, 2.45) is 0 Å². The molecule has 9 nitrogen and oxygen atoms in total. The van der Waals surface area contributed by atoms with Crippen molar-refractivity contribution in [2.75, 3.05) is 13.2 Å². The van der Waals surface area contributed by atoms with E-state index < -0.39 is 49.5 Å². The molecule has 0 bridgehead atoms. The smallest absolute Gasteiger partial charge is 0.220 e. The highest BCUT2D eigenvalue weighted by molar-refractivity contribution is 5.76. The SMILES string of the molecule is CC/C=C\C/C=C\C/C=C\C/C=C\C/C=C\C/C=C\C/C=C\C/C=C\C/C=C\C/C=C\C/C=C\CCCCCCCC(=O)NC(COC1OC(CO)C(O)C(O)C1O)C(O)CCCCCCCCCCCCCCCCCCCCCCCCCCC. The molecule has 0 aromatic rings. The van der Waals surface area contributed by atoms with E-state index in [1.165, 1.54) is 141 Å². The molecule has 1 aliphatic rings. The van der Waals surface area contributed by atoms with Crippen molar-refractivity contribution >= 4 is 5.91 Å². The quantitative estimate of drug-likeness (QED) is 0.0261. The molecule has 9 heteroatoms. The number of rotatable bonds is 61. The number of unbranched alkanes of at least 4 members (excludes halogenated alkanes) is 29. The molecule has 498 valence electrons. The zero-order valence-corrected chi connectivity index (χ0v) is 55.7. The molecule has 6 N–H and O–H groups in total. The summed E-state index contributed by atoms with van der Waals surface area (Å²) >= 11 is 0. The Labute approximate surface area is 534 Å². The Morgan fingerprint density at radius 1 is 0.402 bits per heavy atom. The molecular weight excluding hydrogens is 1080 g/mol. The van der Waals surface area contributed by atoms with Crippen LogP contribution >= 0.6 is 0 Å². The van der Waals surface area contributed by atoms with Gasteiger partial charge in [-0.05, 0) is 96.3 Å². The van der Waals surface area contributed by atoms with Crippen LogP contribution in [0.2, 0.25) is 0 Å². The highest BCUT2D eigenvalue weighted by Crippen LogP contribution is 2.23. The predicted molar refractivity (Wildman–Crippen MR) is 373 cm³/mol. The molecule has 1 aliphatic heterocycles. The number of carbonyl (C=O) groups excluding carboxylic acids is 1. The molecule has 7 atom stereocenters. The summed E-state index contributed by atoms with van der Waals surface area (Å²) in [4.78, 5) is 13.2. The zero-order valence-electron chi connectivity index (χ0n) is 55.7. The summed E-state index contributed by atoms with van der Waals surface area (Å²) in [5.41, 5.74) is 0. The average Bonchev–Trinajstić information content (AvgIpc) is 3.38. The van der Waals surface area contributed by atoms with Gasteiger partial charge in [-0.15, -0.1) is 0 Å². The molecule has 0 spiro atoms. The van der Waals surface area contributed by atoms with Gasteiger partial charge in [0.15, 0.2) is 6.29 Å². The average molecular weight is 1210 g/mol. The van der Waals surface area contributed by atoms with Crippen LogP contribution in [0.1, 0.15) is 296 Å². The highest BCUT2D eigenvalue weighted by atomic mass is 16.7. The summed E-state index contributed by atoms with van der Waals surface area (Å²) < 4.78 is 11.4. The van der Waals surface area contributed by atoms with Crippen LogP contribution in [0.4, 0.5) is 0 Å². The van der Waals surface area contributed by atoms with Crippen LogP contribution in [-0.2, 0) is 14.3 Å². The van der Waals surface area contributed by atoms with E-state index in [0.29, 0.717) is 12.8 Å². The Kier molecular flexibility index (Phi) is 61.0. The van der Waals surface area contributed by atoms with Gasteiger partial charge in [-0.25, -0.2) is 0 Å². The van der Waals surface area contributed by atoms with Crippen molar-refractivity contribution in [1.29, 1.82) is 0 Å². The molecule has 0 aliphatic carbocycles. The van der Waals surface area contributed by atoms with Gasteiger partial charge in [-0.1, -0.05) is 327 Å². The fourth-order valence-electron chi connectivity index (χ4n) is 10.7. The fraction of sp³-hybridized carbons (Fsp3) is 0.705. The molecule has 1 rings (SSSR count). The number of allylic oxidation sites excluding steroid dienone is 22. The minimum absolute atomic E-state index is 0.153. The maximum atomic E-state index is 13.2. The molecule has 0 aromatic carbocycles. The number of carbonyl (C=O) groups is 1. The number of aliphatic hydroxyl groups is 5. The van der Waals surface area contributed by atoms with Crippen LogP contribution in [0.25, 0.3) is 0 Å². The van der Waals surface area contributed by atoms with Crippen molar-refractivity contribution in [3.8, 4) is 0 Å². The number of hydrogen-bond donors (Lipinski definition) is 6. The Morgan fingerprint density at radius 3 is 1.06 bits per heavy atom. The number of aliphatic hydroxyl groups excluding tert-OH is 5. The Bertz CT molecular complexity index is 1840. The number of ether oxygens (including phenoxy) is 2. The van der Waals surface area contributed by atoms with Gasteiger partial charge in [-0.2, -0.15) is 0 Å². The topological polar surface area (TPSA) is 149 Å². The van der Waals surface area contributed by atoms with Crippen LogP contribution in [0.5, 0.6) is 0 Å². The summed E-state index contributed by atoms with van der Waals surface area (Å²) in [6.07, 6.45) is 92.2. The number of nitrogens with one attached hydrogen (secondary N) is 1. The van der Waals surface area contributed by atoms with Crippen LogP contribution < -0.4 is 5.32 Å². The van der Waals surface area contributed by atoms with Crippen molar-refractivity contribution in [1.82, 2.24) is 5.32 Å². The van der Waals surface area contributed by atoms with Crippen molar-refractivity contribution in [2.45, 2.75) is 339 Å². The summed E-state index contributed by atoms with van der Waals surface area (Å²) in [7, 11) is 0. The minimum atomic E-state index is -1.57. The third-order valence-electron chi connectivity index (χ3n) is 16.3. The Morgan fingerprint density at radius 2 is 0.713 bits per heavy atom. The molecule has 1 heterocycles. The molecule has 1 amide bonds. The lowest BCUT2D eigenvalue weighted by atomic mass is 9.99. The lowest BCUT2D eigenvalue weighted by Gasteiger charge is -2.40. The lowest BCUT2D eigenvalue weighted by Crippen LogP contribution is -2.60. The standard InChI is InChI=1S/C78H133NO8/c1-3-5-7-9-11-13-15-17-19-21-23-25-27-29-30-31-32-33-34-35-36-37-38-39-40-41-42-44-46-48-50-52-54-56-58-60-62-64-66-68-74(82)79-71(70-86-78-77(85)76(84)75(83)73(69-80)87-78)72(81)67-65-63-61-59-57-55-53-51-49-47-45-43-28-26-24-22-20-18-16-14-12-10-8-6-4-2/h5,7,11,13,17,19,23,25,29-30,32-33,35-36,38-39,41-42,46,48,52,54,71-73,75-78,80-81,83-85H,3-4,6,8-10,12,14-16,18,20-22,24,26-28,31,34,37,40,43-45,47,49-51,53,55-70H2,1-2H3,(H,79,82)/b7-5-,13-11-,19-17-,25-23-,30-29-,33-32-,36-35-,39-38-,42-41-,48-46-,54-52-. The third-order valence-corrected chi connectivity index (χ3v) is 16.3. The van der Waals surface area contributed by atoms with E-state index in [0.717, 1.165) is 128 Å². The summed E-state index contributed by atoms with van der Waals surface area (Å²) in [6.45, 7) is 3.74. The first-order chi connectivity index (χ1) is 42.8. The first kappa shape index (κ1) is 81.3. The van der Waals surface area contributed by atoms with Gasteiger partial charge >= 0.3 is 0 Å². The van der Waals surface area contributed by atoms with E-state index in [2.05, 4.69) is 153 Å². The van der Waals surface area contributed by atoms with Gasteiger partial charge in [0.05, 0.1) is 25.4 Å². The maximum Gasteiger partial charge on any atom is 0.220 e. The number of hydrogen-bond acceptors (Lipinski definition) is 8. The Hall–Kier alpha value is -3.67. The van der Waals surface area contributed by atoms with Crippen LogP contribution in [-0.4, -0.2) is 87.5 Å². The van der Waals surface area contributed by atoms with Crippen LogP contribution in [0.3, 0.4) is 0 Å². The molecule has 1 fully saturated rings. The molecule has 0 saturated carbocycles. The van der Waals surface area contributed by atoms with Gasteiger partial charge in [-0.3, -0.25) is 4.79 Å². The van der Waals surface area contributed by atoms with E-state index in [9.17, 15) is 30.3 Å². The van der Waals surface area contributed by atoms with E-state index >= 15 is 0 Å². The van der Waals surface area contributed by atoms with E-state index in [-0.39, 0.29) is 12.5 Å². The third kappa shape index (κ3) is 53.8. The van der Waals surface area contributed by atoms with E-state index in [1.54, 1.807) is 0 Å². The first-order valence-electron chi connectivity index (χ1n) is 35.9. The van der Waals surface area contributed by atoms with Crippen molar-refractivity contribution < 1.29 is 39.8 Å². The summed E-state index contributed by atoms with van der Waals surface area (Å²) in [6, 6.07) is -0.741. The molecule has 7 unspecified atom stereocenters. The summed E-state index contributed by atoms with van der Waals surface area (Å²) in [5.74, 6) is -0.165. The second kappa shape index (κ2) is 65.3. The Balaban J connectivity index is 2.17. The van der Waals surface area contributed by atoms with Gasteiger partial charge in [0.1, 0.15) is 24.4 Å². The van der Waals surface area contributed by atoms with Crippen molar-refractivity contribution in [3.63, 3.8) is 0 Å². The second-order valence-corrected chi connectivity index (χ2v) is 24.3. The van der Waals surface area contributed by atoms with Crippen LogP contribution in [0.15, 0.2) is 134 Å². The zero-order chi connectivity index (χ0) is 62.8. The molecule has 87 heavy (non-hydrogen) atoms. The second-order valence-electron chi connectivity index (χ2n) is 24.3. The fourth-order valence-corrected chi connectivity index (χ4v) is 10.7. The largest absolute Gasteiger partial charge is 0.394 e. The summed E-state index contributed by atoms with van der Waals surface area (Å²) in [5, 5.41) is 54.9. The van der Waals surface area contributed by atoms with E-state index in [1.807, 2.05) is 0 Å². The minimum Gasteiger partial charge on any atom is -0.394 e. The monoisotopic (exact) mass is 1210 g/mol. The molecule has 0 radical (unpaired) electrons. The van der Waals surface area contributed by atoms with E-state index in [4.69, 9.17) is 9.47 Å². The molecular formula is C78H133NO8. The van der Waals surface area contributed by atoms with Crippen LogP contribution in [0, 0.1) is 0 Å². The number of amides is 1. The maximum absolute atomic E-state index is 13.2.